The third-order valence-corrected chi connectivity index (χ3v) is 3.49. The van der Waals surface area contributed by atoms with Gasteiger partial charge >= 0.3 is 0 Å². The van der Waals surface area contributed by atoms with Gasteiger partial charge in [-0.1, -0.05) is 20.8 Å². The maximum absolute atomic E-state index is 11.5. The summed E-state index contributed by atoms with van der Waals surface area (Å²) < 4.78 is 5.61. The van der Waals surface area contributed by atoms with E-state index in [9.17, 15) is 9.90 Å². The number of aliphatic hydroxyl groups is 1. The van der Waals surface area contributed by atoms with Crippen LogP contribution in [0.4, 0.5) is 0 Å². The van der Waals surface area contributed by atoms with Crippen LogP contribution in [-0.4, -0.2) is 48.1 Å². The monoisotopic (exact) mass is 343 g/mol. The summed E-state index contributed by atoms with van der Waals surface area (Å²) in [5.74, 6) is 0.811. The molecule has 0 saturated heterocycles. The van der Waals surface area contributed by atoms with E-state index >= 15 is 0 Å². The zero-order valence-corrected chi connectivity index (χ0v) is 15.3. The van der Waals surface area contributed by atoms with Crippen molar-refractivity contribution >= 4 is 18.2 Å². The quantitative estimate of drug-likeness (QED) is 0.624. The third-order valence-electron chi connectivity index (χ3n) is 3.49. The Labute approximate surface area is 146 Å². The molecule has 0 amide bonds. The Balaban J connectivity index is 0.00000484. The van der Waals surface area contributed by atoms with Crippen molar-refractivity contribution in [2.45, 2.75) is 46.1 Å². The molecule has 1 unspecified atom stereocenters. The highest BCUT2D eigenvalue weighted by atomic mass is 35.5. The van der Waals surface area contributed by atoms with Crippen LogP contribution in [0.25, 0.3) is 0 Å². The first-order valence-electron chi connectivity index (χ1n) is 8.27. The van der Waals surface area contributed by atoms with Crippen LogP contribution in [0.1, 0.15) is 50.4 Å². The van der Waals surface area contributed by atoms with Gasteiger partial charge in [-0.05, 0) is 50.2 Å². The molecule has 1 aromatic carbocycles. The fraction of sp³-hybridized carbons (Fsp3) is 0.611. The van der Waals surface area contributed by atoms with Gasteiger partial charge in [0.2, 0.25) is 0 Å². The summed E-state index contributed by atoms with van der Waals surface area (Å²) in [6, 6.07) is 7.11. The van der Waals surface area contributed by atoms with Crippen molar-refractivity contribution in [1.82, 2.24) is 4.90 Å². The molecular weight excluding hydrogens is 314 g/mol. The predicted molar refractivity (Wildman–Crippen MR) is 96.8 cm³/mol. The number of hydrogen-bond donors (Lipinski definition) is 1. The summed E-state index contributed by atoms with van der Waals surface area (Å²) >= 11 is 0. The van der Waals surface area contributed by atoms with E-state index in [1.165, 1.54) is 0 Å². The first-order chi connectivity index (χ1) is 10.6. The maximum Gasteiger partial charge on any atom is 0.162 e. The van der Waals surface area contributed by atoms with Gasteiger partial charge in [0, 0.05) is 18.5 Å². The van der Waals surface area contributed by atoms with E-state index in [1.807, 2.05) is 6.92 Å². The molecular formula is C18H30ClNO3. The lowest BCUT2D eigenvalue weighted by atomic mass is 10.1. The normalized spacial score (nSPS) is 11.9. The molecule has 23 heavy (non-hydrogen) atoms. The summed E-state index contributed by atoms with van der Waals surface area (Å²) in [4.78, 5) is 13.8. The van der Waals surface area contributed by atoms with Gasteiger partial charge in [-0.15, -0.1) is 12.4 Å². The van der Waals surface area contributed by atoms with Crippen LogP contribution in [0.3, 0.4) is 0 Å². The number of ether oxygens (including phenoxy) is 1. The second-order valence-electron chi connectivity index (χ2n) is 5.57. The summed E-state index contributed by atoms with van der Waals surface area (Å²) in [6.45, 7) is 9.04. The minimum atomic E-state index is -0.505. The smallest absolute Gasteiger partial charge is 0.162 e. The highest BCUT2D eigenvalue weighted by Gasteiger charge is 2.11. The molecule has 0 aliphatic heterocycles. The van der Waals surface area contributed by atoms with E-state index in [0.29, 0.717) is 24.3 Å². The van der Waals surface area contributed by atoms with E-state index < -0.39 is 6.10 Å². The molecule has 132 valence electrons. The first kappa shape index (κ1) is 21.9. The van der Waals surface area contributed by atoms with Crippen molar-refractivity contribution in [2.75, 3.05) is 26.2 Å². The van der Waals surface area contributed by atoms with Crippen molar-refractivity contribution in [3.63, 3.8) is 0 Å². The molecule has 1 aromatic rings. The molecule has 1 rings (SSSR count). The molecule has 0 aliphatic rings. The number of benzene rings is 1. The fourth-order valence-electron chi connectivity index (χ4n) is 2.41. The molecule has 1 atom stereocenters. The number of aliphatic hydroxyl groups excluding tert-OH is 1. The van der Waals surface area contributed by atoms with E-state index in [-0.39, 0.29) is 24.8 Å². The summed E-state index contributed by atoms with van der Waals surface area (Å²) in [7, 11) is 0. The van der Waals surface area contributed by atoms with Gasteiger partial charge in [0.05, 0.1) is 0 Å². The lowest BCUT2D eigenvalue weighted by molar-refractivity contribution is 0.0681. The standard InChI is InChI=1S/C18H29NO3.ClH/c1-4-11-19(12-5-2)13-16(20)14-22-17-9-7-15(8-10-17)18(21)6-3;/h7-10,16,20H,4-6,11-14H2,1-3H3;1H. The van der Waals surface area contributed by atoms with E-state index in [0.717, 1.165) is 25.9 Å². The van der Waals surface area contributed by atoms with E-state index in [1.54, 1.807) is 24.3 Å². The van der Waals surface area contributed by atoms with Crippen LogP contribution in [0, 0.1) is 0 Å². The van der Waals surface area contributed by atoms with Gasteiger partial charge in [-0.2, -0.15) is 0 Å². The molecule has 0 aromatic heterocycles. The second-order valence-corrected chi connectivity index (χ2v) is 5.57. The molecule has 5 heteroatoms. The summed E-state index contributed by atoms with van der Waals surface area (Å²) in [5.41, 5.74) is 0.701. The van der Waals surface area contributed by atoms with Crippen molar-refractivity contribution < 1.29 is 14.6 Å². The Hall–Kier alpha value is -1.10. The number of rotatable bonds is 11. The predicted octanol–water partition coefficient (Wildman–Crippen LogP) is 3.56. The van der Waals surface area contributed by atoms with Gasteiger partial charge in [0.25, 0.3) is 0 Å². The average Bonchev–Trinajstić information content (AvgIpc) is 2.53. The number of Topliss-reactive ketones (excluding diaryl/α,β-unsaturated/α-hetero) is 1. The van der Waals surface area contributed by atoms with Gasteiger partial charge < -0.3 is 14.7 Å². The van der Waals surface area contributed by atoms with Crippen molar-refractivity contribution in [2.24, 2.45) is 0 Å². The molecule has 1 N–H and O–H groups in total. The largest absolute Gasteiger partial charge is 0.491 e. The highest BCUT2D eigenvalue weighted by molar-refractivity contribution is 5.95. The summed E-state index contributed by atoms with van der Waals surface area (Å²) in [6.07, 6.45) is 2.17. The zero-order chi connectivity index (χ0) is 16.4. The van der Waals surface area contributed by atoms with Crippen molar-refractivity contribution in [3.05, 3.63) is 29.8 Å². The molecule has 0 bridgehead atoms. The number of carbonyl (C=O) groups is 1. The summed E-state index contributed by atoms with van der Waals surface area (Å²) in [5, 5.41) is 10.1. The number of hydrogen-bond acceptors (Lipinski definition) is 4. The topological polar surface area (TPSA) is 49.8 Å². The second kappa shape index (κ2) is 12.3. The van der Waals surface area contributed by atoms with Crippen LogP contribution in [0.5, 0.6) is 5.75 Å². The maximum atomic E-state index is 11.5. The van der Waals surface area contributed by atoms with Gasteiger partial charge in [0.1, 0.15) is 18.5 Å². The molecule has 0 fully saturated rings. The Bertz CT molecular complexity index is 430. The fourth-order valence-corrected chi connectivity index (χ4v) is 2.41. The van der Waals surface area contributed by atoms with Crippen LogP contribution in [-0.2, 0) is 0 Å². The average molecular weight is 344 g/mol. The number of carbonyl (C=O) groups excluding carboxylic acids is 1. The van der Waals surface area contributed by atoms with Crippen LogP contribution >= 0.6 is 12.4 Å². The van der Waals surface area contributed by atoms with Crippen LogP contribution in [0.2, 0.25) is 0 Å². The minimum absolute atomic E-state index is 0. The Morgan fingerprint density at radius 3 is 2.17 bits per heavy atom. The van der Waals surface area contributed by atoms with Crippen molar-refractivity contribution in [1.29, 1.82) is 0 Å². The van der Waals surface area contributed by atoms with Gasteiger partial charge in [-0.3, -0.25) is 4.79 Å². The lowest BCUT2D eigenvalue weighted by Gasteiger charge is -2.24. The first-order valence-corrected chi connectivity index (χ1v) is 8.27. The van der Waals surface area contributed by atoms with Crippen molar-refractivity contribution in [3.8, 4) is 5.75 Å². The lowest BCUT2D eigenvalue weighted by Crippen LogP contribution is -2.36. The molecule has 0 spiro atoms. The SMILES string of the molecule is CCCN(CCC)CC(O)COc1ccc(C(=O)CC)cc1.Cl. The van der Waals surface area contributed by atoms with Crippen LogP contribution < -0.4 is 4.74 Å². The molecule has 4 nitrogen and oxygen atoms in total. The number of halogens is 1. The Morgan fingerprint density at radius 2 is 1.70 bits per heavy atom. The number of nitrogens with zero attached hydrogens (tertiary/aromatic N) is 1. The molecule has 0 radical (unpaired) electrons. The highest BCUT2D eigenvalue weighted by Crippen LogP contribution is 2.14. The van der Waals surface area contributed by atoms with Gasteiger partial charge in [-0.25, -0.2) is 0 Å². The Morgan fingerprint density at radius 1 is 1.13 bits per heavy atom. The number of ketones is 1. The van der Waals surface area contributed by atoms with Crippen LogP contribution in [0.15, 0.2) is 24.3 Å². The van der Waals surface area contributed by atoms with E-state index in [2.05, 4.69) is 18.7 Å². The Kier molecular flexibility index (Phi) is 11.7. The third kappa shape index (κ3) is 8.35. The molecule has 0 heterocycles. The molecule has 0 aliphatic carbocycles. The van der Waals surface area contributed by atoms with Gasteiger partial charge in [0.15, 0.2) is 5.78 Å². The zero-order valence-electron chi connectivity index (χ0n) is 14.5. The minimum Gasteiger partial charge on any atom is -0.491 e. The molecule has 0 saturated carbocycles. The van der Waals surface area contributed by atoms with E-state index in [4.69, 9.17) is 4.74 Å².